The molecule has 2 fully saturated rings. The Morgan fingerprint density at radius 3 is 2.67 bits per heavy atom. The van der Waals surface area contributed by atoms with Crippen LogP contribution in [0.25, 0.3) is 11.3 Å². The van der Waals surface area contributed by atoms with Crippen LogP contribution in [0.1, 0.15) is 29.5 Å². The standard InChI is InChI=1S/C33H34ClN5O3/c34-25-14-22(19-35-20-25)21-38-8-6-26(7-9-38)36-27-4-5-31-24(16-27)15-23-2-1-3-29(33(23)42-31)30-17-28(18-32(40)37-30)39-10-12-41-13-11-39/h1-5,14,16-20,26,36H,6-13,15,21H2,(H,37,40). The molecule has 0 atom stereocenters. The predicted octanol–water partition coefficient (Wildman–Crippen LogP) is 5.70. The van der Waals surface area contributed by atoms with Gasteiger partial charge in [-0.3, -0.25) is 14.7 Å². The topological polar surface area (TPSA) is 82.7 Å². The van der Waals surface area contributed by atoms with Crippen LogP contribution in [0.4, 0.5) is 11.4 Å². The van der Waals surface area contributed by atoms with Crippen LogP contribution in [0.2, 0.25) is 5.02 Å². The number of para-hydroxylation sites is 1. The summed E-state index contributed by atoms with van der Waals surface area (Å²) in [5.74, 6) is 1.67. The highest BCUT2D eigenvalue weighted by Crippen LogP contribution is 2.43. The molecule has 2 aromatic carbocycles. The fourth-order valence-corrected chi connectivity index (χ4v) is 6.42. The zero-order valence-corrected chi connectivity index (χ0v) is 24.2. The molecular weight excluding hydrogens is 550 g/mol. The van der Waals surface area contributed by atoms with Gasteiger partial charge in [0.15, 0.2) is 0 Å². The van der Waals surface area contributed by atoms with E-state index in [4.69, 9.17) is 21.1 Å². The van der Waals surface area contributed by atoms with Crippen LogP contribution in [0, 0.1) is 0 Å². The third kappa shape index (κ3) is 5.88. The van der Waals surface area contributed by atoms with Gasteiger partial charge in [0.25, 0.3) is 0 Å². The number of hydrogen-bond acceptors (Lipinski definition) is 7. The maximum atomic E-state index is 12.6. The predicted molar refractivity (Wildman–Crippen MR) is 166 cm³/mol. The van der Waals surface area contributed by atoms with Crippen molar-refractivity contribution in [3.63, 3.8) is 0 Å². The zero-order valence-electron chi connectivity index (χ0n) is 23.4. The van der Waals surface area contributed by atoms with E-state index in [1.807, 2.05) is 30.5 Å². The van der Waals surface area contributed by atoms with E-state index < -0.39 is 0 Å². The summed E-state index contributed by atoms with van der Waals surface area (Å²) in [5.41, 5.74) is 7.00. The number of rotatable bonds is 6. The first-order valence-corrected chi connectivity index (χ1v) is 15.0. The van der Waals surface area contributed by atoms with Gasteiger partial charge in [-0.2, -0.15) is 0 Å². The number of aromatic amines is 1. The van der Waals surface area contributed by atoms with E-state index in [1.54, 1.807) is 12.3 Å². The van der Waals surface area contributed by atoms with E-state index >= 15 is 0 Å². The minimum absolute atomic E-state index is 0.120. The number of anilines is 2. The highest BCUT2D eigenvalue weighted by atomic mass is 35.5. The third-order valence-corrected chi connectivity index (χ3v) is 8.58. The number of H-pyrrole nitrogens is 1. The molecule has 7 rings (SSSR count). The number of benzene rings is 2. The maximum Gasteiger partial charge on any atom is 0.250 e. The zero-order chi connectivity index (χ0) is 28.5. The van der Waals surface area contributed by atoms with Crippen LogP contribution >= 0.6 is 11.6 Å². The molecule has 2 saturated heterocycles. The van der Waals surface area contributed by atoms with Crippen molar-refractivity contribution in [2.24, 2.45) is 0 Å². The second kappa shape index (κ2) is 11.8. The van der Waals surface area contributed by atoms with Gasteiger partial charge in [-0.15, -0.1) is 0 Å². The molecule has 4 aromatic rings. The first-order valence-electron chi connectivity index (χ1n) is 14.7. The van der Waals surface area contributed by atoms with Crippen molar-refractivity contribution in [3.05, 3.63) is 99.1 Å². The fraction of sp³-hybridized carbons (Fsp3) is 0.333. The summed E-state index contributed by atoms with van der Waals surface area (Å²) in [7, 11) is 0. The number of pyridine rings is 2. The summed E-state index contributed by atoms with van der Waals surface area (Å²) in [6.07, 6.45) is 6.50. The van der Waals surface area contributed by atoms with Crippen molar-refractivity contribution in [2.75, 3.05) is 49.6 Å². The van der Waals surface area contributed by atoms with Crippen LogP contribution < -0.4 is 20.5 Å². The van der Waals surface area contributed by atoms with E-state index in [0.29, 0.717) is 24.3 Å². The summed E-state index contributed by atoms with van der Waals surface area (Å²) in [6, 6.07) is 18.7. The molecule has 0 bridgehead atoms. The highest BCUT2D eigenvalue weighted by molar-refractivity contribution is 6.30. The fourth-order valence-electron chi connectivity index (χ4n) is 6.23. The Balaban J connectivity index is 1.04. The lowest BCUT2D eigenvalue weighted by molar-refractivity contribution is 0.122. The molecule has 0 aliphatic carbocycles. The van der Waals surface area contributed by atoms with Crippen LogP contribution in [-0.4, -0.2) is 60.3 Å². The molecule has 5 heterocycles. The van der Waals surface area contributed by atoms with Gasteiger partial charge < -0.3 is 24.7 Å². The Bertz CT molecular complexity index is 1640. The van der Waals surface area contributed by atoms with Gasteiger partial charge in [-0.05, 0) is 60.4 Å². The van der Waals surface area contributed by atoms with Crippen molar-refractivity contribution in [1.29, 1.82) is 0 Å². The molecule has 0 unspecified atom stereocenters. The summed E-state index contributed by atoms with van der Waals surface area (Å²) in [6.45, 7) is 5.82. The van der Waals surface area contributed by atoms with Gasteiger partial charge in [0.2, 0.25) is 5.56 Å². The second-order valence-electron chi connectivity index (χ2n) is 11.3. The molecule has 0 spiro atoms. The number of ether oxygens (including phenoxy) is 2. The monoisotopic (exact) mass is 583 g/mol. The van der Waals surface area contributed by atoms with Crippen molar-refractivity contribution in [3.8, 4) is 22.8 Å². The van der Waals surface area contributed by atoms with Crippen LogP contribution in [-0.2, 0) is 17.7 Å². The molecule has 3 aliphatic rings. The SMILES string of the molecule is O=c1cc(N2CCOCC2)cc(-c2cccc3c2Oc2ccc(NC4CCN(Cc5cncc(Cl)c5)CC4)cc2C3)[nH]1. The molecule has 2 N–H and O–H groups in total. The normalized spacial score (nSPS) is 17.3. The quantitative estimate of drug-likeness (QED) is 0.265. The van der Waals surface area contributed by atoms with Crippen molar-refractivity contribution in [2.45, 2.75) is 31.8 Å². The molecule has 8 nitrogen and oxygen atoms in total. The Morgan fingerprint density at radius 2 is 1.83 bits per heavy atom. The van der Waals surface area contributed by atoms with E-state index in [1.165, 1.54) is 0 Å². The van der Waals surface area contributed by atoms with Crippen molar-refractivity contribution < 1.29 is 9.47 Å². The van der Waals surface area contributed by atoms with Crippen LogP contribution in [0.5, 0.6) is 11.5 Å². The first kappa shape index (κ1) is 27.0. The number of nitrogens with one attached hydrogen (secondary N) is 2. The Hall–Kier alpha value is -3.85. The number of likely N-dealkylation sites (tertiary alicyclic amines) is 1. The third-order valence-electron chi connectivity index (χ3n) is 8.37. The van der Waals surface area contributed by atoms with Gasteiger partial charge in [0, 0.05) is 86.1 Å². The number of halogens is 1. The molecule has 2 aromatic heterocycles. The summed E-state index contributed by atoms with van der Waals surface area (Å²) in [5, 5.41) is 4.45. The number of fused-ring (bicyclic) bond motifs is 2. The lowest BCUT2D eigenvalue weighted by Gasteiger charge is -2.33. The van der Waals surface area contributed by atoms with Gasteiger partial charge in [-0.1, -0.05) is 23.7 Å². The van der Waals surface area contributed by atoms with Gasteiger partial charge in [-0.25, -0.2) is 0 Å². The molecule has 0 saturated carbocycles. The molecule has 0 amide bonds. The van der Waals surface area contributed by atoms with Crippen molar-refractivity contribution >= 4 is 23.0 Å². The van der Waals surface area contributed by atoms with E-state index in [-0.39, 0.29) is 5.56 Å². The Morgan fingerprint density at radius 1 is 0.976 bits per heavy atom. The van der Waals surface area contributed by atoms with Crippen LogP contribution in [0.3, 0.4) is 0 Å². The molecular formula is C33H34ClN5O3. The Labute approximate surface area is 250 Å². The minimum Gasteiger partial charge on any atom is -0.456 e. The largest absolute Gasteiger partial charge is 0.456 e. The van der Waals surface area contributed by atoms with Crippen molar-refractivity contribution in [1.82, 2.24) is 14.9 Å². The molecule has 216 valence electrons. The first-order chi connectivity index (χ1) is 20.6. The van der Waals surface area contributed by atoms with E-state index in [9.17, 15) is 4.79 Å². The molecule has 9 heteroatoms. The van der Waals surface area contributed by atoms with Gasteiger partial charge >= 0.3 is 0 Å². The van der Waals surface area contributed by atoms with Gasteiger partial charge in [0.05, 0.1) is 23.9 Å². The molecule has 0 radical (unpaired) electrons. The summed E-state index contributed by atoms with van der Waals surface area (Å²) in [4.78, 5) is 24.5. The van der Waals surface area contributed by atoms with Gasteiger partial charge in [0.1, 0.15) is 11.5 Å². The average Bonchev–Trinajstić information content (AvgIpc) is 3.01. The summed E-state index contributed by atoms with van der Waals surface area (Å²) >= 11 is 6.11. The maximum absolute atomic E-state index is 12.6. The molecule has 42 heavy (non-hydrogen) atoms. The summed E-state index contributed by atoms with van der Waals surface area (Å²) < 4.78 is 12.0. The molecule has 3 aliphatic heterocycles. The van der Waals surface area contributed by atoms with E-state index in [0.717, 1.165) is 103 Å². The average molecular weight is 584 g/mol. The smallest absolute Gasteiger partial charge is 0.250 e. The Kier molecular flexibility index (Phi) is 7.59. The lowest BCUT2D eigenvalue weighted by atomic mass is 9.95. The lowest BCUT2D eigenvalue weighted by Crippen LogP contribution is -2.38. The van der Waals surface area contributed by atoms with Crippen LogP contribution in [0.15, 0.2) is 71.8 Å². The number of nitrogens with zero attached hydrogens (tertiary/aromatic N) is 3. The number of hydrogen-bond donors (Lipinski definition) is 2. The number of piperidine rings is 1. The van der Waals surface area contributed by atoms with E-state index in [2.05, 4.69) is 49.4 Å². The number of morpholine rings is 1. The number of aromatic nitrogens is 2. The minimum atomic E-state index is -0.120. The second-order valence-corrected chi connectivity index (χ2v) is 11.8. The highest BCUT2D eigenvalue weighted by Gasteiger charge is 2.24.